The van der Waals surface area contributed by atoms with Gasteiger partial charge in [0.2, 0.25) is 0 Å². The van der Waals surface area contributed by atoms with Crippen LogP contribution in [0.2, 0.25) is 0 Å². The van der Waals surface area contributed by atoms with Crippen LogP contribution in [0.3, 0.4) is 0 Å². The van der Waals surface area contributed by atoms with Crippen molar-refractivity contribution in [3.8, 4) is 0 Å². The van der Waals surface area contributed by atoms with E-state index in [9.17, 15) is 9.90 Å². The van der Waals surface area contributed by atoms with Crippen LogP contribution in [0.4, 0.5) is 10.5 Å². The van der Waals surface area contributed by atoms with E-state index in [2.05, 4.69) is 24.1 Å². The number of nitrogens with zero attached hydrogens (tertiary/aromatic N) is 1. The van der Waals surface area contributed by atoms with E-state index in [1.165, 1.54) is 0 Å². The smallest absolute Gasteiger partial charge is 0.408 e. The fraction of sp³-hybridized carbons (Fsp3) is 0.588. The largest absolute Gasteiger partial charge is 0.444 e. The van der Waals surface area contributed by atoms with Gasteiger partial charge in [-0.15, -0.1) is 0 Å². The first-order chi connectivity index (χ1) is 10.3. The van der Waals surface area contributed by atoms with Gasteiger partial charge in [0.25, 0.3) is 0 Å². The predicted molar refractivity (Wildman–Crippen MR) is 89.2 cm³/mol. The molecule has 0 aliphatic carbocycles. The highest BCUT2D eigenvalue weighted by Gasteiger charge is 2.20. The lowest BCUT2D eigenvalue weighted by Gasteiger charge is -2.24. The third-order valence-electron chi connectivity index (χ3n) is 3.30. The average Bonchev–Trinajstić information content (AvgIpc) is 2.45. The van der Waals surface area contributed by atoms with Crippen LogP contribution in [0, 0.1) is 0 Å². The normalized spacial score (nSPS) is 12.6. The molecule has 1 rings (SSSR count). The summed E-state index contributed by atoms with van der Waals surface area (Å²) in [5.74, 6) is 0. The van der Waals surface area contributed by atoms with Crippen LogP contribution in [0.25, 0.3) is 0 Å². The molecule has 0 saturated carbocycles. The van der Waals surface area contributed by atoms with Crippen LogP contribution in [0.15, 0.2) is 24.3 Å². The topological polar surface area (TPSA) is 61.8 Å². The van der Waals surface area contributed by atoms with Crippen molar-refractivity contribution in [3.05, 3.63) is 29.8 Å². The predicted octanol–water partition coefficient (Wildman–Crippen LogP) is 3.09. The van der Waals surface area contributed by atoms with E-state index >= 15 is 0 Å². The molecule has 0 heterocycles. The Kier molecular flexibility index (Phi) is 6.68. The summed E-state index contributed by atoms with van der Waals surface area (Å²) < 4.78 is 5.22. The first-order valence-electron chi connectivity index (χ1n) is 7.76. The van der Waals surface area contributed by atoms with Crippen molar-refractivity contribution in [1.82, 2.24) is 5.32 Å². The van der Waals surface area contributed by atoms with Crippen LogP contribution in [0.1, 0.15) is 46.2 Å². The fourth-order valence-electron chi connectivity index (χ4n) is 2.19. The lowest BCUT2D eigenvalue weighted by molar-refractivity contribution is 0.0482. The van der Waals surface area contributed by atoms with Crippen molar-refractivity contribution in [2.45, 2.75) is 46.3 Å². The molecule has 0 aromatic heterocycles. The zero-order valence-corrected chi connectivity index (χ0v) is 14.2. The van der Waals surface area contributed by atoms with Gasteiger partial charge in [0.05, 0.1) is 12.6 Å². The van der Waals surface area contributed by atoms with Crippen molar-refractivity contribution in [2.24, 2.45) is 0 Å². The average molecular weight is 308 g/mol. The number of hydrogen-bond acceptors (Lipinski definition) is 4. The first-order valence-corrected chi connectivity index (χ1v) is 7.76. The van der Waals surface area contributed by atoms with Gasteiger partial charge in [0, 0.05) is 18.8 Å². The maximum Gasteiger partial charge on any atom is 0.408 e. The number of aliphatic hydroxyl groups excluding tert-OH is 1. The number of nitrogens with one attached hydrogen (secondary N) is 1. The maximum atomic E-state index is 11.8. The minimum absolute atomic E-state index is 0.177. The zero-order valence-electron chi connectivity index (χ0n) is 14.2. The first kappa shape index (κ1) is 18.3. The molecule has 0 bridgehead atoms. The third kappa shape index (κ3) is 5.56. The van der Waals surface area contributed by atoms with Crippen LogP contribution in [-0.2, 0) is 4.74 Å². The van der Waals surface area contributed by atoms with Gasteiger partial charge in [-0.1, -0.05) is 12.1 Å². The summed E-state index contributed by atoms with van der Waals surface area (Å²) in [6, 6.07) is 7.38. The Labute approximate surface area is 133 Å². The molecule has 0 saturated heterocycles. The van der Waals surface area contributed by atoms with Gasteiger partial charge in [-0.25, -0.2) is 4.79 Å². The summed E-state index contributed by atoms with van der Waals surface area (Å²) >= 11 is 0. The monoisotopic (exact) mass is 308 g/mol. The highest BCUT2D eigenvalue weighted by atomic mass is 16.6. The molecular weight excluding hydrogens is 280 g/mol. The number of hydrogen-bond donors (Lipinski definition) is 2. The highest BCUT2D eigenvalue weighted by molar-refractivity contribution is 5.68. The fourth-order valence-corrected chi connectivity index (χ4v) is 2.19. The van der Waals surface area contributed by atoms with E-state index in [0.29, 0.717) is 0 Å². The minimum atomic E-state index is -0.559. The number of alkyl carbamates (subject to hydrolysis) is 1. The Balaban J connectivity index is 2.77. The van der Waals surface area contributed by atoms with Crippen molar-refractivity contribution in [2.75, 3.05) is 24.6 Å². The molecule has 0 fully saturated rings. The van der Waals surface area contributed by atoms with Gasteiger partial charge in [-0.2, -0.15) is 0 Å². The van der Waals surface area contributed by atoms with E-state index < -0.39 is 17.7 Å². The minimum Gasteiger partial charge on any atom is -0.444 e. The lowest BCUT2D eigenvalue weighted by atomic mass is 10.1. The number of carbonyl (C=O) groups is 1. The second-order valence-corrected chi connectivity index (χ2v) is 6.15. The third-order valence-corrected chi connectivity index (χ3v) is 3.30. The molecule has 1 aromatic rings. The molecule has 0 aliphatic rings. The zero-order chi connectivity index (χ0) is 16.8. The maximum absolute atomic E-state index is 11.8. The Morgan fingerprint density at radius 1 is 1.23 bits per heavy atom. The Bertz CT molecular complexity index is 462. The molecule has 1 atom stereocenters. The quantitative estimate of drug-likeness (QED) is 0.848. The number of benzene rings is 1. The van der Waals surface area contributed by atoms with Gasteiger partial charge >= 0.3 is 6.09 Å². The number of anilines is 1. The summed E-state index contributed by atoms with van der Waals surface area (Å²) in [4.78, 5) is 14.1. The molecule has 5 heteroatoms. The molecule has 22 heavy (non-hydrogen) atoms. The summed E-state index contributed by atoms with van der Waals surface area (Å²) in [7, 11) is 0. The summed E-state index contributed by atoms with van der Waals surface area (Å²) in [5.41, 5.74) is 1.42. The van der Waals surface area contributed by atoms with Crippen LogP contribution < -0.4 is 10.2 Å². The van der Waals surface area contributed by atoms with Crippen molar-refractivity contribution in [1.29, 1.82) is 0 Å². The van der Waals surface area contributed by atoms with E-state index in [-0.39, 0.29) is 6.61 Å². The molecule has 0 unspecified atom stereocenters. The molecule has 5 nitrogen and oxygen atoms in total. The van der Waals surface area contributed by atoms with Gasteiger partial charge in [-0.05, 0) is 52.3 Å². The Hall–Kier alpha value is -1.75. The summed E-state index contributed by atoms with van der Waals surface area (Å²) in [5, 5.41) is 12.2. The molecule has 0 spiro atoms. The molecular formula is C17H28N2O3. The van der Waals surface area contributed by atoms with Crippen LogP contribution in [0.5, 0.6) is 0 Å². The highest BCUT2D eigenvalue weighted by Crippen LogP contribution is 2.19. The molecule has 124 valence electrons. The number of ether oxygens (including phenoxy) is 1. The number of carbonyl (C=O) groups excluding carboxylic acids is 1. The van der Waals surface area contributed by atoms with Gasteiger partial charge in [0.15, 0.2) is 0 Å². The second kappa shape index (κ2) is 8.03. The number of rotatable bonds is 6. The van der Waals surface area contributed by atoms with E-state index in [4.69, 9.17) is 4.74 Å². The van der Waals surface area contributed by atoms with Gasteiger partial charge in [0.1, 0.15) is 5.60 Å². The van der Waals surface area contributed by atoms with Crippen LogP contribution >= 0.6 is 0 Å². The summed E-state index contributed by atoms with van der Waals surface area (Å²) in [6.07, 6.45) is -0.528. The van der Waals surface area contributed by atoms with Gasteiger partial charge < -0.3 is 20.1 Å². The summed E-state index contributed by atoms with van der Waals surface area (Å²) in [6.45, 7) is 11.3. The van der Waals surface area contributed by atoms with Crippen molar-refractivity contribution in [3.63, 3.8) is 0 Å². The Morgan fingerprint density at radius 2 is 1.77 bits per heavy atom. The molecule has 1 aromatic carbocycles. The Morgan fingerprint density at radius 3 is 2.18 bits per heavy atom. The molecule has 0 aliphatic heterocycles. The van der Waals surface area contributed by atoms with Gasteiger partial charge in [-0.3, -0.25) is 0 Å². The SMILES string of the molecule is CCN(CC)c1ccc([C@@H](CO)NC(=O)OC(C)(C)C)cc1. The lowest BCUT2D eigenvalue weighted by Crippen LogP contribution is -2.36. The van der Waals surface area contributed by atoms with E-state index in [1.54, 1.807) is 20.8 Å². The van der Waals surface area contributed by atoms with E-state index in [1.807, 2.05) is 24.3 Å². The molecule has 2 N–H and O–H groups in total. The van der Waals surface area contributed by atoms with Crippen LogP contribution in [-0.4, -0.2) is 36.5 Å². The standard InChI is InChI=1S/C17H28N2O3/c1-6-19(7-2)14-10-8-13(9-11-14)15(12-20)18-16(21)22-17(3,4)5/h8-11,15,20H,6-7,12H2,1-5H3,(H,18,21)/t15-/m1/s1. The van der Waals surface area contributed by atoms with E-state index in [0.717, 1.165) is 24.3 Å². The number of aliphatic hydroxyl groups is 1. The molecule has 1 amide bonds. The number of amides is 1. The second-order valence-electron chi connectivity index (χ2n) is 6.15. The van der Waals surface area contributed by atoms with Crippen molar-refractivity contribution >= 4 is 11.8 Å². The van der Waals surface area contributed by atoms with Crippen molar-refractivity contribution < 1.29 is 14.6 Å². The molecule has 0 radical (unpaired) electrons.